The molecule has 12 heteroatoms. The summed E-state index contributed by atoms with van der Waals surface area (Å²) < 4.78 is 2.27. The zero-order chi connectivity index (χ0) is 25.6. The SMILES string of the molecule is CCCCCNC(=O)N1CCC(Nc2nc(N[C@H]3CC[C@H](N)CC3)nc3c2ncn3C2CCCC2)CC1.Cl.Cl. The van der Waals surface area contributed by atoms with Crippen molar-refractivity contribution >= 4 is 53.8 Å². The van der Waals surface area contributed by atoms with E-state index in [1.807, 2.05) is 11.2 Å². The third kappa shape index (κ3) is 8.01. The van der Waals surface area contributed by atoms with Crippen LogP contribution in [-0.2, 0) is 0 Å². The number of halogens is 2. The Hall–Kier alpha value is -2.04. The topological polar surface area (TPSA) is 126 Å². The summed E-state index contributed by atoms with van der Waals surface area (Å²) in [4.78, 5) is 29.1. The maximum absolute atomic E-state index is 12.5. The molecule has 10 nitrogen and oxygen atoms in total. The number of piperidine rings is 1. The largest absolute Gasteiger partial charge is 0.365 e. The van der Waals surface area contributed by atoms with Crippen LogP contribution < -0.4 is 21.7 Å². The molecule has 3 fully saturated rings. The highest BCUT2D eigenvalue weighted by molar-refractivity contribution is 5.86. The number of unbranched alkanes of at least 4 members (excludes halogenated alkanes) is 2. The summed E-state index contributed by atoms with van der Waals surface area (Å²) in [6, 6.07) is 1.44. The Labute approximate surface area is 244 Å². The van der Waals surface area contributed by atoms with Gasteiger partial charge in [-0.2, -0.15) is 9.97 Å². The summed E-state index contributed by atoms with van der Waals surface area (Å²) in [5, 5.41) is 10.4. The number of anilines is 2. The van der Waals surface area contributed by atoms with Gasteiger partial charge in [-0.1, -0.05) is 32.6 Å². The van der Waals surface area contributed by atoms with Gasteiger partial charge in [-0.15, -0.1) is 24.8 Å². The number of urea groups is 1. The first kappa shape index (κ1) is 31.5. The van der Waals surface area contributed by atoms with E-state index in [1.165, 1.54) is 25.7 Å². The van der Waals surface area contributed by atoms with Crippen LogP contribution in [0.3, 0.4) is 0 Å². The molecule has 2 aromatic rings. The fraction of sp³-hybridized carbons (Fsp3) is 0.778. The van der Waals surface area contributed by atoms with Gasteiger partial charge in [0.25, 0.3) is 0 Å². The molecular formula is C27H47Cl2N9O. The minimum absolute atomic E-state index is 0. The Morgan fingerprint density at radius 1 is 0.949 bits per heavy atom. The number of fused-ring (bicyclic) bond motifs is 1. The lowest BCUT2D eigenvalue weighted by molar-refractivity contribution is 0.183. The summed E-state index contributed by atoms with van der Waals surface area (Å²) in [6.07, 6.45) is 16.1. The lowest BCUT2D eigenvalue weighted by Crippen LogP contribution is -2.47. The second-order valence-electron chi connectivity index (χ2n) is 11.3. The molecule has 2 saturated carbocycles. The van der Waals surface area contributed by atoms with Crippen LogP contribution in [0.25, 0.3) is 11.2 Å². The van der Waals surface area contributed by atoms with Gasteiger partial charge in [-0.05, 0) is 57.8 Å². The zero-order valence-electron chi connectivity index (χ0n) is 23.2. The van der Waals surface area contributed by atoms with Crippen LogP contribution in [0.5, 0.6) is 0 Å². The van der Waals surface area contributed by atoms with E-state index in [0.717, 1.165) is 94.4 Å². The monoisotopic (exact) mass is 583 g/mol. The molecule has 0 radical (unpaired) electrons. The maximum atomic E-state index is 12.5. The number of aromatic nitrogens is 4. The number of carbonyl (C=O) groups excluding carboxylic acids is 1. The molecule has 220 valence electrons. The average molecular weight is 585 g/mol. The predicted molar refractivity (Wildman–Crippen MR) is 162 cm³/mol. The average Bonchev–Trinajstić information content (AvgIpc) is 3.59. The number of rotatable bonds is 9. The minimum Gasteiger partial charge on any atom is -0.365 e. The summed E-state index contributed by atoms with van der Waals surface area (Å²) in [7, 11) is 0. The summed E-state index contributed by atoms with van der Waals surface area (Å²) >= 11 is 0. The van der Waals surface area contributed by atoms with Gasteiger partial charge >= 0.3 is 6.03 Å². The van der Waals surface area contributed by atoms with Crippen molar-refractivity contribution in [2.45, 2.75) is 115 Å². The predicted octanol–water partition coefficient (Wildman–Crippen LogP) is 5.24. The molecule has 2 amide bonds. The summed E-state index contributed by atoms with van der Waals surface area (Å²) in [6.45, 7) is 4.43. The molecule has 3 heterocycles. The smallest absolute Gasteiger partial charge is 0.317 e. The molecule has 0 spiro atoms. The quantitative estimate of drug-likeness (QED) is 0.297. The van der Waals surface area contributed by atoms with Crippen LogP contribution in [0.2, 0.25) is 0 Å². The van der Waals surface area contributed by atoms with Crippen LogP contribution >= 0.6 is 24.8 Å². The Balaban J connectivity index is 0.00000210. The van der Waals surface area contributed by atoms with E-state index in [-0.39, 0.29) is 36.9 Å². The number of nitrogens with one attached hydrogen (secondary N) is 3. The third-order valence-corrected chi connectivity index (χ3v) is 8.42. The van der Waals surface area contributed by atoms with E-state index in [9.17, 15) is 4.79 Å². The van der Waals surface area contributed by atoms with Crippen molar-refractivity contribution < 1.29 is 4.79 Å². The number of likely N-dealkylation sites (tertiary alicyclic amines) is 1. The molecule has 5 N–H and O–H groups in total. The van der Waals surface area contributed by atoms with E-state index >= 15 is 0 Å². The first-order chi connectivity index (χ1) is 18.1. The van der Waals surface area contributed by atoms with Gasteiger partial charge in [0, 0.05) is 43.8 Å². The van der Waals surface area contributed by atoms with E-state index in [0.29, 0.717) is 24.1 Å². The van der Waals surface area contributed by atoms with E-state index in [4.69, 9.17) is 20.7 Å². The number of amides is 2. The van der Waals surface area contributed by atoms with Crippen LogP contribution in [0.15, 0.2) is 6.33 Å². The van der Waals surface area contributed by atoms with Crippen LogP contribution in [0.4, 0.5) is 16.6 Å². The lowest BCUT2D eigenvalue weighted by Gasteiger charge is -2.32. The molecule has 0 atom stereocenters. The van der Waals surface area contributed by atoms with Crippen molar-refractivity contribution in [3.63, 3.8) is 0 Å². The van der Waals surface area contributed by atoms with Gasteiger partial charge in [0.1, 0.15) is 0 Å². The number of nitrogens with two attached hydrogens (primary N) is 1. The van der Waals surface area contributed by atoms with Gasteiger partial charge in [-0.25, -0.2) is 9.78 Å². The molecule has 1 saturated heterocycles. The summed E-state index contributed by atoms with van der Waals surface area (Å²) in [5.74, 6) is 1.48. The lowest BCUT2D eigenvalue weighted by atomic mass is 9.92. The van der Waals surface area contributed by atoms with E-state index in [2.05, 4.69) is 27.4 Å². The van der Waals surface area contributed by atoms with Crippen LogP contribution in [0, 0.1) is 0 Å². The first-order valence-corrected chi connectivity index (χ1v) is 14.7. The van der Waals surface area contributed by atoms with Crippen molar-refractivity contribution in [3.05, 3.63) is 6.33 Å². The van der Waals surface area contributed by atoms with E-state index < -0.39 is 0 Å². The highest BCUT2D eigenvalue weighted by atomic mass is 35.5. The Morgan fingerprint density at radius 3 is 2.33 bits per heavy atom. The second kappa shape index (κ2) is 15.1. The van der Waals surface area contributed by atoms with Gasteiger partial charge in [0.2, 0.25) is 5.95 Å². The Bertz CT molecular complexity index is 1030. The third-order valence-electron chi connectivity index (χ3n) is 8.42. The van der Waals surface area contributed by atoms with Crippen molar-refractivity contribution in [1.82, 2.24) is 29.7 Å². The number of imidazole rings is 1. The van der Waals surface area contributed by atoms with Crippen LogP contribution in [0.1, 0.15) is 96.4 Å². The molecule has 0 bridgehead atoms. The van der Waals surface area contributed by atoms with Crippen molar-refractivity contribution in [3.8, 4) is 0 Å². The Morgan fingerprint density at radius 2 is 1.64 bits per heavy atom. The molecular weight excluding hydrogens is 537 g/mol. The first-order valence-electron chi connectivity index (χ1n) is 14.7. The molecule has 1 aliphatic heterocycles. The fourth-order valence-corrected chi connectivity index (χ4v) is 6.08. The molecule has 0 unspecified atom stereocenters. The van der Waals surface area contributed by atoms with Crippen molar-refractivity contribution in [2.24, 2.45) is 5.73 Å². The normalized spacial score (nSPS) is 22.3. The standard InChI is InChI=1S/C27H45N9O.2ClH/c1-2-3-6-15-29-27(37)35-16-13-21(14-17-35)31-24-23-25(36(18-30-23)22-7-4-5-8-22)34-26(33-24)32-20-11-9-19(28)10-12-20;;/h18-22H,2-17,28H2,1H3,(H,29,37)(H2,31,32,33,34);2*1H/t19-,20-;;. The van der Waals surface area contributed by atoms with Gasteiger partial charge in [0.15, 0.2) is 17.0 Å². The van der Waals surface area contributed by atoms with E-state index in [1.54, 1.807) is 0 Å². The number of hydrogen-bond donors (Lipinski definition) is 4. The number of carbonyl (C=O) groups is 1. The van der Waals surface area contributed by atoms with Crippen molar-refractivity contribution in [1.29, 1.82) is 0 Å². The maximum Gasteiger partial charge on any atom is 0.317 e. The molecule has 0 aromatic carbocycles. The minimum atomic E-state index is 0. The Kier molecular flexibility index (Phi) is 12.2. The highest BCUT2D eigenvalue weighted by Gasteiger charge is 2.27. The van der Waals surface area contributed by atoms with Gasteiger partial charge in [-0.3, -0.25) is 0 Å². The zero-order valence-corrected chi connectivity index (χ0v) is 24.9. The molecule has 5 rings (SSSR count). The number of hydrogen-bond acceptors (Lipinski definition) is 7. The van der Waals surface area contributed by atoms with Gasteiger partial charge < -0.3 is 31.2 Å². The summed E-state index contributed by atoms with van der Waals surface area (Å²) in [5.41, 5.74) is 7.89. The fourth-order valence-electron chi connectivity index (χ4n) is 6.08. The molecule has 3 aliphatic rings. The number of nitrogens with zero attached hydrogens (tertiary/aromatic N) is 5. The molecule has 2 aliphatic carbocycles. The molecule has 2 aromatic heterocycles. The van der Waals surface area contributed by atoms with Crippen molar-refractivity contribution in [2.75, 3.05) is 30.3 Å². The van der Waals surface area contributed by atoms with Crippen LogP contribution in [-0.4, -0.2) is 68.2 Å². The van der Waals surface area contributed by atoms with Gasteiger partial charge in [0.05, 0.1) is 6.33 Å². The highest BCUT2D eigenvalue weighted by Crippen LogP contribution is 2.34. The second-order valence-corrected chi connectivity index (χ2v) is 11.3. The molecule has 39 heavy (non-hydrogen) atoms.